The number of hydrogen-bond donors (Lipinski definition) is 1. The van der Waals surface area contributed by atoms with Crippen molar-refractivity contribution in [3.05, 3.63) is 29.5 Å². The molecule has 102 valence electrons. The standard InChI is InChI=1S/C16H24N2Si/c1-18-9-7-14-13-6-5-12(19(2,3)4)11-16(13)17-15(14)8-10-18/h5-6,11,17H,7-10H2,1-4H3. The van der Waals surface area contributed by atoms with Crippen LogP contribution in [0.15, 0.2) is 18.2 Å². The quantitative estimate of drug-likeness (QED) is 0.791. The summed E-state index contributed by atoms with van der Waals surface area (Å²) in [4.78, 5) is 6.11. The number of nitrogens with one attached hydrogen (secondary N) is 1. The zero-order valence-electron chi connectivity index (χ0n) is 12.5. The first kappa shape index (κ1) is 12.9. The summed E-state index contributed by atoms with van der Waals surface area (Å²) in [7, 11) is 1.01. The number of likely N-dealkylation sites (N-methyl/N-ethyl adjacent to an activating group) is 1. The Bertz CT molecular complexity index is 607. The zero-order valence-corrected chi connectivity index (χ0v) is 13.5. The lowest BCUT2D eigenvalue weighted by molar-refractivity contribution is 0.352. The van der Waals surface area contributed by atoms with E-state index in [0.717, 1.165) is 6.42 Å². The first-order chi connectivity index (χ1) is 8.95. The second kappa shape index (κ2) is 4.49. The van der Waals surface area contributed by atoms with E-state index in [0.29, 0.717) is 0 Å². The van der Waals surface area contributed by atoms with Crippen molar-refractivity contribution in [2.45, 2.75) is 32.5 Å². The van der Waals surface area contributed by atoms with Crippen molar-refractivity contribution in [1.82, 2.24) is 9.88 Å². The Morgan fingerprint density at radius 3 is 2.58 bits per heavy atom. The van der Waals surface area contributed by atoms with Crippen molar-refractivity contribution in [3.63, 3.8) is 0 Å². The van der Waals surface area contributed by atoms with Gasteiger partial charge < -0.3 is 9.88 Å². The summed E-state index contributed by atoms with van der Waals surface area (Å²) < 4.78 is 0. The fourth-order valence-electron chi connectivity index (χ4n) is 2.99. The van der Waals surface area contributed by atoms with Crippen LogP contribution in [0.5, 0.6) is 0 Å². The molecule has 0 radical (unpaired) electrons. The molecule has 3 heteroatoms. The molecular weight excluding hydrogens is 248 g/mol. The normalized spacial score (nSPS) is 17.5. The molecule has 0 bridgehead atoms. The van der Waals surface area contributed by atoms with Crippen molar-refractivity contribution in [1.29, 1.82) is 0 Å². The van der Waals surface area contributed by atoms with Crippen molar-refractivity contribution < 1.29 is 0 Å². The van der Waals surface area contributed by atoms with E-state index in [2.05, 4.69) is 54.8 Å². The van der Waals surface area contributed by atoms with Gasteiger partial charge in [0, 0.05) is 36.1 Å². The van der Waals surface area contributed by atoms with Crippen LogP contribution in [0.2, 0.25) is 19.6 Å². The van der Waals surface area contributed by atoms with Gasteiger partial charge in [0.05, 0.1) is 8.07 Å². The Morgan fingerprint density at radius 1 is 1.11 bits per heavy atom. The molecule has 1 aliphatic rings. The zero-order chi connectivity index (χ0) is 13.6. The smallest absolute Gasteiger partial charge is 0.0776 e. The second-order valence-corrected chi connectivity index (χ2v) is 12.0. The minimum atomic E-state index is -1.21. The molecule has 1 aromatic carbocycles. The summed E-state index contributed by atoms with van der Waals surface area (Å²) in [5.41, 5.74) is 4.38. The van der Waals surface area contributed by atoms with Gasteiger partial charge in [-0.05, 0) is 25.1 Å². The Hall–Kier alpha value is -1.06. The Morgan fingerprint density at radius 2 is 1.84 bits per heavy atom. The van der Waals surface area contributed by atoms with E-state index < -0.39 is 8.07 Å². The summed E-state index contributed by atoms with van der Waals surface area (Å²) in [5.74, 6) is 0. The first-order valence-electron chi connectivity index (χ1n) is 7.27. The Balaban J connectivity index is 2.09. The maximum absolute atomic E-state index is 3.68. The average Bonchev–Trinajstić information content (AvgIpc) is 2.59. The molecule has 0 saturated carbocycles. The molecule has 0 atom stereocenters. The molecule has 0 fully saturated rings. The lowest BCUT2D eigenvalue weighted by Crippen LogP contribution is -2.37. The molecule has 0 spiro atoms. The maximum atomic E-state index is 3.68. The van der Waals surface area contributed by atoms with Crippen LogP contribution in [0.1, 0.15) is 11.3 Å². The van der Waals surface area contributed by atoms with Gasteiger partial charge in [-0.1, -0.05) is 37.0 Å². The summed E-state index contributed by atoms with van der Waals surface area (Å²) in [6.07, 6.45) is 2.33. The Kier molecular flexibility index (Phi) is 3.06. The molecule has 0 saturated heterocycles. The number of benzene rings is 1. The predicted octanol–water partition coefficient (Wildman–Crippen LogP) is 2.74. The average molecular weight is 272 g/mol. The van der Waals surface area contributed by atoms with Gasteiger partial charge >= 0.3 is 0 Å². The van der Waals surface area contributed by atoms with Crippen molar-refractivity contribution in [2.24, 2.45) is 0 Å². The highest BCUT2D eigenvalue weighted by Crippen LogP contribution is 2.25. The van der Waals surface area contributed by atoms with Gasteiger partial charge in [-0.15, -0.1) is 0 Å². The molecule has 1 N–H and O–H groups in total. The van der Waals surface area contributed by atoms with Crippen LogP contribution < -0.4 is 5.19 Å². The summed E-state index contributed by atoms with van der Waals surface area (Å²) in [5, 5.41) is 3.00. The fraction of sp³-hybridized carbons (Fsp3) is 0.500. The monoisotopic (exact) mass is 272 g/mol. The Labute approximate surface area is 116 Å². The first-order valence-corrected chi connectivity index (χ1v) is 10.8. The molecule has 0 unspecified atom stereocenters. The highest BCUT2D eigenvalue weighted by Gasteiger charge is 2.20. The van der Waals surface area contributed by atoms with Gasteiger partial charge in [-0.25, -0.2) is 0 Å². The van der Waals surface area contributed by atoms with Gasteiger partial charge in [0.2, 0.25) is 0 Å². The van der Waals surface area contributed by atoms with E-state index in [4.69, 9.17) is 0 Å². The molecule has 2 nitrogen and oxygen atoms in total. The van der Waals surface area contributed by atoms with E-state index in [-0.39, 0.29) is 0 Å². The predicted molar refractivity (Wildman–Crippen MR) is 86.2 cm³/mol. The van der Waals surface area contributed by atoms with Crippen LogP contribution in [-0.2, 0) is 12.8 Å². The number of fused-ring (bicyclic) bond motifs is 3. The summed E-state index contributed by atoms with van der Waals surface area (Å²) in [6, 6.07) is 7.11. The van der Waals surface area contributed by atoms with E-state index >= 15 is 0 Å². The van der Waals surface area contributed by atoms with Crippen LogP contribution in [0, 0.1) is 0 Å². The molecular formula is C16H24N2Si. The number of rotatable bonds is 1. The van der Waals surface area contributed by atoms with Crippen LogP contribution in [0.3, 0.4) is 0 Å². The number of hydrogen-bond acceptors (Lipinski definition) is 1. The number of aromatic nitrogens is 1. The molecule has 3 rings (SSSR count). The summed E-state index contributed by atoms with van der Waals surface area (Å²) in [6.45, 7) is 9.58. The van der Waals surface area contributed by atoms with Gasteiger partial charge in [0.25, 0.3) is 0 Å². The number of H-pyrrole nitrogens is 1. The van der Waals surface area contributed by atoms with Crippen LogP contribution in [0.25, 0.3) is 10.9 Å². The SMILES string of the molecule is CN1CCc2[nH]c3cc([Si](C)(C)C)ccc3c2CC1. The molecule has 2 aromatic rings. The molecule has 0 aliphatic carbocycles. The van der Waals surface area contributed by atoms with Gasteiger partial charge in [-0.3, -0.25) is 0 Å². The third-order valence-corrected chi connectivity index (χ3v) is 6.39. The van der Waals surface area contributed by atoms with E-state index in [1.807, 2.05) is 0 Å². The lowest BCUT2D eigenvalue weighted by Gasteiger charge is -2.16. The molecule has 2 heterocycles. The fourth-order valence-corrected chi connectivity index (χ4v) is 4.15. The number of nitrogens with zero attached hydrogens (tertiary/aromatic N) is 1. The topological polar surface area (TPSA) is 19.0 Å². The van der Waals surface area contributed by atoms with E-state index in [9.17, 15) is 0 Å². The van der Waals surface area contributed by atoms with Crippen LogP contribution >= 0.6 is 0 Å². The van der Waals surface area contributed by atoms with Gasteiger partial charge in [0.15, 0.2) is 0 Å². The molecule has 1 aromatic heterocycles. The van der Waals surface area contributed by atoms with E-state index in [1.54, 1.807) is 10.8 Å². The lowest BCUT2D eigenvalue weighted by atomic mass is 10.1. The van der Waals surface area contributed by atoms with Crippen molar-refractivity contribution in [2.75, 3.05) is 20.1 Å². The van der Waals surface area contributed by atoms with Gasteiger partial charge in [0.1, 0.15) is 0 Å². The minimum Gasteiger partial charge on any atom is -0.358 e. The highest BCUT2D eigenvalue weighted by molar-refractivity contribution is 6.88. The number of aromatic amines is 1. The van der Waals surface area contributed by atoms with E-state index in [1.165, 1.54) is 36.1 Å². The maximum Gasteiger partial charge on any atom is 0.0776 e. The highest BCUT2D eigenvalue weighted by atomic mass is 28.3. The third kappa shape index (κ3) is 2.37. The molecule has 0 amide bonds. The largest absolute Gasteiger partial charge is 0.358 e. The molecule has 1 aliphatic heterocycles. The molecule has 19 heavy (non-hydrogen) atoms. The van der Waals surface area contributed by atoms with Crippen LogP contribution in [0.4, 0.5) is 0 Å². The third-order valence-electron chi connectivity index (χ3n) is 4.35. The van der Waals surface area contributed by atoms with Crippen LogP contribution in [-0.4, -0.2) is 38.1 Å². The van der Waals surface area contributed by atoms with Crippen molar-refractivity contribution >= 4 is 24.2 Å². The second-order valence-electron chi connectivity index (χ2n) is 6.90. The summed E-state index contributed by atoms with van der Waals surface area (Å²) >= 11 is 0. The van der Waals surface area contributed by atoms with Crippen molar-refractivity contribution in [3.8, 4) is 0 Å². The minimum absolute atomic E-state index is 1.16. The van der Waals surface area contributed by atoms with Gasteiger partial charge in [-0.2, -0.15) is 0 Å².